The molecule has 138 valence electrons. The Morgan fingerprint density at radius 2 is 1.89 bits per heavy atom. The summed E-state index contributed by atoms with van der Waals surface area (Å²) in [4.78, 5) is 58.9. The van der Waals surface area contributed by atoms with Crippen LogP contribution in [0.1, 0.15) is 53.9 Å². The van der Waals surface area contributed by atoms with Crippen molar-refractivity contribution < 1.29 is 23.9 Å². The smallest absolute Gasteiger partial charge is 0.404 e. The van der Waals surface area contributed by atoms with Gasteiger partial charge in [0, 0.05) is 24.5 Å². The first-order chi connectivity index (χ1) is 13.0. The fourth-order valence-electron chi connectivity index (χ4n) is 3.28. The minimum absolute atomic E-state index is 0.000284. The molecule has 0 radical (unpaired) electrons. The average Bonchev–Trinajstić information content (AvgIpc) is 3.11. The van der Waals surface area contributed by atoms with E-state index in [-0.39, 0.29) is 39.2 Å². The Hall–Kier alpha value is -3.14. The lowest BCUT2D eigenvalue weighted by Gasteiger charge is -2.31. The highest BCUT2D eigenvalue weighted by atomic mass is 32.1. The molecule has 9 nitrogen and oxygen atoms in total. The monoisotopic (exact) mass is 386 g/mol. The molecule has 27 heavy (non-hydrogen) atoms. The van der Waals surface area contributed by atoms with E-state index in [4.69, 9.17) is 10.5 Å². The molecule has 2 aromatic heterocycles. The average molecular weight is 386 g/mol. The van der Waals surface area contributed by atoms with Gasteiger partial charge in [0.1, 0.15) is 17.5 Å². The summed E-state index contributed by atoms with van der Waals surface area (Å²) in [5.74, 6) is -1.15. The number of hydrogen-bond acceptors (Lipinski definition) is 8. The molecule has 0 bridgehead atoms. The van der Waals surface area contributed by atoms with E-state index in [0.717, 1.165) is 11.3 Å². The van der Waals surface area contributed by atoms with E-state index in [1.165, 1.54) is 23.4 Å². The number of primary amides is 1. The van der Waals surface area contributed by atoms with Crippen LogP contribution in [0.3, 0.4) is 0 Å². The fourth-order valence-corrected chi connectivity index (χ4v) is 4.34. The quantitative estimate of drug-likeness (QED) is 0.695. The Kier molecular flexibility index (Phi) is 4.19. The second-order valence-electron chi connectivity index (χ2n) is 6.22. The number of piperidine rings is 1. The number of ether oxygens (including phenoxy) is 1. The molecular formula is C17H14N4O5S. The largest absolute Gasteiger partial charge is 0.445 e. The molecule has 1 aliphatic heterocycles. The van der Waals surface area contributed by atoms with Gasteiger partial charge in [-0.3, -0.25) is 14.4 Å². The van der Waals surface area contributed by atoms with Gasteiger partial charge < -0.3 is 15.4 Å². The Bertz CT molecular complexity index is 933. The molecule has 0 unspecified atom stereocenters. The van der Waals surface area contributed by atoms with Crippen molar-refractivity contribution in [3.05, 3.63) is 45.2 Å². The number of carbonyl (C=O) groups is 4. The maximum Gasteiger partial charge on any atom is 0.404 e. The minimum Gasteiger partial charge on any atom is -0.445 e. The number of likely N-dealkylation sites (tertiary alicyclic amines) is 1. The molecule has 1 atom stereocenters. The maximum absolute atomic E-state index is 12.8. The molecule has 4 rings (SSSR count). The highest BCUT2D eigenvalue weighted by molar-refractivity contribution is 7.16. The normalized spacial score (nSPS) is 18.7. The summed E-state index contributed by atoms with van der Waals surface area (Å²) in [6, 6.07) is 1.43. The Morgan fingerprint density at radius 3 is 2.59 bits per heavy atom. The third-order valence-electron chi connectivity index (χ3n) is 4.47. The highest BCUT2D eigenvalue weighted by Crippen LogP contribution is 2.32. The van der Waals surface area contributed by atoms with Crippen LogP contribution in [0.25, 0.3) is 0 Å². The number of thiophene rings is 1. The van der Waals surface area contributed by atoms with Crippen molar-refractivity contribution in [1.82, 2.24) is 14.9 Å². The SMILES string of the molecule is NC(=O)O[C@H]1CCCN(C(=O)c2cc3c(s2)C(=O)c2nccnc2C3=O)C1. The number of nitrogens with two attached hydrogens (primary N) is 1. The summed E-state index contributed by atoms with van der Waals surface area (Å²) in [6.07, 6.45) is 2.63. The zero-order valence-corrected chi connectivity index (χ0v) is 14.8. The van der Waals surface area contributed by atoms with Crippen LogP contribution in [0.5, 0.6) is 0 Å². The number of carbonyl (C=O) groups excluding carboxylic acids is 4. The molecule has 1 saturated heterocycles. The summed E-state index contributed by atoms with van der Waals surface area (Å²) in [5.41, 5.74) is 5.22. The first-order valence-corrected chi connectivity index (χ1v) is 9.07. The summed E-state index contributed by atoms with van der Waals surface area (Å²) in [5, 5.41) is 0. The van der Waals surface area contributed by atoms with Crippen LogP contribution in [0.4, 0.5) is 4.79 Å². The third kappa shape index (κ3) is 2.97. The lowest BCUT2D eigenvalue weighted by Crippen LogP contribution is -2.44. The van der Waals surface area contributed by atoms with Crippen LogP contribution in [0.15, 0.2) is 18.5 Å². The lowest BCUT2D eigenvalue weighted by molar-refractivity contribution is 0.0376. The van der Waals surface area contributed by atoms with Gasteiger partial charge in [-0.1, -0.05) is 0 Å². The molecule has 0 aromatic carbocycles. The van der Waals surface area contributed by atoms with Crippen LogP contribution in [-0.2, 0) is 4.74 Å². The van der Waals surface area contributed by atoms with E-state index < -0.39 is 23.8 Å². The number of aromatic nitrogens is 2. The summed E-state index contributed by atoms with van der Waals surface area (Å²) < 4.78 is 4.99. The molecule has 2 N–H and O–H groups in total. The lowest BCUT2D eigenvalue weighted by atomic mass is 9.96. The van der Waals surface area contributed by atoms with Crippen LogP contribution in [-0.4, -0.2) is 57.6 Å². The predicted octanol–water partition coefficient (Wildman–Crippen LogP) is 1.01. The van der Waals surface area contributed by atoms with Gasteiger partial charge in [-0.15, -0.1) is 11.3 Å². The molecule has 0 spiro atoms. The molecule has 2 aromatic rings. The van der Waals surface area contributed by atoms with Crippen molar-refractivity contribution in [2.75, 3.05) is 13.1 Å². The Morgan fingerprint density at radius 1 is 1.19 bits per heavy atom. The van der Waals surface area contributed by atoms with Gasteiger partial charge >= 0.3 is 6.09 Å². The highest BCUT2D eigenvalue weighted by Gasteiger charge is 2.36. The Labute approximate surface area is 157 Å². The number of ketones is 2. The number of fused-ring (bicyclic) bond motifs is 2. The Balaban J connectivity index is 1.61. The topological polar surface area (TPSA) is 133 Å². The zero-order chi connectivity index (χ0) is 19.1. The van der Waals surface area contributed by atoms with E-state index in [2.05, 4.69) is 9.97 Å². The van der Waals surface area contributed by atoms with Gasteiger partial charge in [-0.2, -0.15) is 0 Å². The minimum atomic E-state index is -0.880. The van der Waals surface area contributed by atoms with Gasteiger partial charge in [0.05, 0.1) is 16.3 Å². The first kappa shape index (κ1) is 17.3. The molecular weight excluding hydrogens is 372 g/mol. The van der Waals surface area contributed by atoms with E-state index in [0.29, 0.717) is 19.4 Å². The number of nitrogens with zero attached hydrogens (tertiary/aromatic N) is 3. The maximum atomic E-state index is 12.8. The molecule has 2 amide bonds. The van der Waals surface area contributed by atoms with Crippen molar-refractivity contribution in [3.8, 4) is 0 Å². The molecule has 0 saturated carbocycles. The molecule has 2 aliphatic rings. The fraction of sp³-hybridized carbons (Fsp3) is 0.294. The number of amides is 2. The molecule has 10 heteroatoms. The van der Waals surface area contributed by atoms with Gasteiger partial charge in [-0.25, -0.2) is 14.8 Å². The van der Waals surface area contributed by atoms with Gasteiger partial charge in [0.25, 0.3) is 5.91 Å². The van der Waals surface area contributed by atoms with Gasteiger partial charge in [-0.05, 0) is 18.9 Å². The van der Waals surface area contributed by atoms with Crippen LogP contribution >= 0.6 is 11.3 Å². The summed E-state index contributed by atoms with van der Waals surface area (Å²) in [7, 11) is 0. The van der Waals surface area contributed by atoms with Crippen molar-refractivity contribution in [2.45, 2.75) is 18.9 Å². The third-order valence-corrected chi connectivity index (χ3v) is 5.59. The first-order valence-electron chi connectivity index (χ1n) is 8.25. The van der Waals surface area contributed by atoms with Gasteiger partial charge in [0.2, 0.25) is 11.6 Å². The number of hydrogen-bond donors (Lipinski definition) is 1. The van der Waals surface area contributed by atoms with E-state index in [1.807, 2.05) is 0 Å². The summed E-state index contributed by atoms with van der Waals surface area (Å²) >= 11 is 0.966. The zero-order valence-electron chi connectivity index (χ0n) is 14.0. The van der Waals surface area contributed by atoms with Crippen LogP contribution in [0.2, 0.25) is 0 Å². The summed E-state index contributed by atoms with van der Waals surface area (Å²) in [6.45, 7) is 0.709. The van der Waals surface area contributed by atoms with Crippen molar-refractivity contribution in [2.24, 2.45) is 5.73 Å². The van der Waals surface area contributed by atoms with Crippen molar-refractivity contribution in [3.63, 3.8) is 0 Å². The van der Waals surface area contributed by atoms with E-state index in [9.17, 15) is 19.2 Å². The predicted molar refractivity (Wildman–Crippen MR) is 92.8 cm³/mol. The number of rotatable bonds is 2. The standard InChI is InChI=1S/C17H14N4O5S/c18-17(25)26-8-2-1-5-21(7-8)16(24)10-6-9-13(22)11-12(20-4-3-19-11)14(23)15(9)27-10/h3-4,6,8H,1-2,5,7H2,(H2,18,25)/t8-/m0/s1. The molecule has 1 aliphatic carbocycles. The van der Waals surface area contributed by atoms with Crippen LogP contribution in [0, 0.1) is 0 Å². The molecule has 1 fully saturated rings. The van der Waals surface area contributed by atoms with Crippen LogP contribution < -0.4 is 5.73 Å². The second-order valence-corrected chi connectivity index (χ2v) is 7.27. The molecule has 3 heterocycles. The van der Waals surface area contributed by atoms with Crippen molar-refractivity contribution in [1.29, 1.82) is 0 Å². The van der Waals surface area contributed by atoms with E-state index >= 15 is 0 Å². The van der Waals surface area contributed by atoms with E-state index in [1.54, 1.807) is 0 Å². The second kappa shape index (κ2) is 6.54. The van der Waals surface area contributed by atoms with Crippen molar-refractivity contribution >= 4 is 34.9 Å². The van der Waals surface area contributed by atoms with Gasteiger partial charge in [0.15, 0.2) is 0 Å².